The van der Waals surface area contributed by atoms with Crippen molar-refractivity contribution >= 4 is 15.9 Å². The number of likely N-dealkylation sites (tertiary alicyclic amines) is 1. The van der Waals surface area contributed by atoms with Gasteiger partial charge < -0.3 is 4.90 Å². The van der Waals surface area contributed by atoms with E-state index in [2.05, 4.69) is 4.98 Å². The summed E-state index contributed by atoms with van der Waals surface area (Å²) in [7, 11) is -3.72. The molecule has 0 saturated carbocycles. The minimum Gasteiger partial charge on any atom is -0.339 e. The number of rotatable bonds is 3. The van der Waals surface area contributed by atoms with Gasteiger partial charge in [-0.05, 0) is 25.0 Å². The molecule has 0 N–H and O–H groups in total. The van der Waals surface area contributed by atoms with Gasteiger partial charge >= 0.3 is 0 Å². The van der Waals surface area contributed by atoms with Crippen molar-refractivity contribution < 1.29 is 13.2 Å². The van der Waals surface area contributed by atoms with Crippen molar-refractivity contribution in [1.82, 2.24) is 14.2 Å². The van der Waals surface area contributed by atoms with Crippen molar-refractivity contribution in [3.63, 3.8) is 0 Å². The maximum Gasteiger partial charge on any atom is 0.260 e. The lowest BCUT2D eigenvalue weighted by atomic mass is 10.1. The SMILES string of the molecule is N#CC1CN(S(=O)(=O)c2cc(C(=O)N3CCCC3)ccn2)C1. The monoisotopic (exact) mass is 320 g/mol. The molecule has 0 unspecified atom stereocenters. The number of hydrogen-bond donors (Lipinski definition) is 0. The fourth-order valence-electron chi connectivity index (χ4n) is 2.63. The van der Waals surface area contributed by atoms with Gasteiger partial charge in [-0.25, -0.2) is 13.4 Å². The van der Waals surface area contributed by atoms with Crippen molar-refractivity contribution in [3.05, 3.63) is 23.9 Å². The molecule has 1 aromatic heterocycles. The number of nitriles is 1. The van der Waals surface area contributed by atoms with E-state index in [9.17, 15) is 13.2 Å². The second-order valence-corrected chi connectivity index (χ2v) is 7.41. The van der Waals surface area contributed by atoms with Gasteiger partial charge in [-0.15, -0.1) is 0 Å². The van der Waals surface area contributed by atoms with Gasteiger partial charge in [-0.3, -0.25) is 4.79 Å². The van der Waals surface area contributed by atoms with E-state index in [1.54, 1.807) is 4.90 Å². The van der Waals surface area contributed by atoms with Gasteiger partial charge in [0.05, 0.1) is 12.0 Å². The van der Waals surface area contributed by atoms with Gasteiger partial charge in [0.1, 0.15) is 0 Å². The summed E-state index contributed by atoms with van der Waals surface area (Å²) in [5, 5.41) is 8.61. The highest BCUT2D eigenvalue weighted by Crippen LogP contribution is 2.24. The zero-order valence-electron chi connectivity index (χ0n) is 12.0. The Morgan fingerprint density at radius 1 is 1.32 bits per heavy atom. The molecule has 1 aromatic rings. The van der Waals surface area contributed by atoms with Crippen LogP contribution < -0.4 is 0 Å². The van der Waals surface area contributed by atoms with Crippen LogP contribution in [-0.4, -0.2) is 54.7 Å². The largest absolute Gasteiger partial charge is 0.339 e. The molecule has 0 radical (unpaired) electrons. The van der Waals surface area contributed by atoms with E-state index >= 15 is 0 Å². The van der Waals surface area contributed by atoms with Gasteiger partial charge in [0.15, 0.2) is 5.03 Å². The Bertz CT molecular complexity index is 729. The fraction of sp³-hybridized carbons (Fsp3) is 0.500. The predicted molar refractivity (Wildman–Crippen MR) is 77.2 cm³/mol. The Labute approximate surface area is 129 Å². The van der Waals surface area contributed by atoms with Crippen molar-refractivity contribution in [1.29, 1.82) is 5.26 Å². The molecule has 2 fully saturated rings. The molecule has 116 valence electrons. The lowest BCUT2D eigenvalue weighted by Gasteiger charge is -2.33. The highest BCUT2D eigenvalue weighted by atomic mass is 32.2. The molecule has 3 heterocycles. The lowest BCUT2D eigenvalue weighted by molar-refractivity contribution is 0.0792. The normalized spacial score (nSPS) is 19.7. The highest BCUT2D eigenvalue weighted by molar-refractivity contribution is 7.89. The van der Waals surface area contributed by atoms with Crippen molar-refractivity contribution in [2.75, 3.05) is 26.2 Å². The molecule has 22 heavy (non-hydrogen) atoms. The van der Waals surface area contributed by atoms with Gasteiger partial charge in [0, 0.05) is 37.9 Å². The average molecular weight is 320 g/mol. The van der Waals surface area contributed by atoms with Gasteiger partial charge in [0.2, 0.25) is 0 Å². The summed E-state index contributed by atoms with van der Waals surface area (Å²) < 4.78 is 26.0. The summed E-state index contributed by atoms with van der Waals surface area (Å²) in [6.07, 6.45) is 3.30. The Morgan fingerprint density at radius 2 is 2.00 bits per heavy atom. The fourth-order valence-corrected chi connectivity index (χ4v) is 4.12. The van der Waals surface area contributed by atoms with E-state index in [4.69, 9.17) is 5.26 Å². The summed E-state index contributed by atoms with van der Waals surface area (Å²) in [6.45, 7) is 1.79. The number of amides is 1. The van der Waals surface area contributed by atoms with E-state index in [0.717, 1.165) is 12.8 Å². The molecular formula is C14H16N4O3S. The van der Waals surface area contributed by atoms with Crippen LogP contribution in [0.15, 0.2) is 23.4 Å². The first-order chi connectivity index (χ1) is 10.5. The van der Waals surface area contributed by atoms with Crippen LogP contribution in [0.1, 0.15) is 23.2 Å². The molecule has 1 amide bonds. The first kappa shape index (κ1) is 14.9. The first-order valence-corrected chi connectivity index (χ1v) is 8.61. The van der Waals surface area contributed by atoms with Crippen LogP contribution in [0.4, 0.5) is 0 Å². The molecule has 3 rings (SSSR count). The minimum atomic E-state index is -3.72. The summed E-state index contributed by atoms with van der Waals surface area (Å²) in [4.78, 5) is 17.9. The number of carbonyl (C=O) groups excluding carboxylic acids is 1. The van der Waals surface area contributed by atoms with E-state index in [1.165, 1.54) is 22.6 Å². The third-order valence-electron chi connectivity index (χ3n) is 4.01. The van der Waals surface area contributed by atoms with Crippen molar-refractivity contribution in [2.45, 2.75) is 17.9 Å². The van der Waals surface area contributed by atoms with Gasteiger partial charge in [-0.1, -0.05) is 0 Å². The third-order valence-corrected chi connectivity index (χ3v) is 5.74. The predicted octanol–water partition coefficient (Wildman–Crippen LogP) is 0.462. The van der Waals surface area contributed by atoms with Crippen LogP contribution in [0.5, 0.6) is 0 Å². The number of pyridine rings is 1. The summed E-state index contributed by atoms with van der Waals surface area (Å²) in [6, 6.07) is 4.90. The average Bonchev–Trinajstić information content (AvgIpc) is 2.99. The van der Waals surface area contributed by atoms with Gasteiger partial charge in [0.25, 0.3) is 15.9 Å². The minimum absolute atomic E-state index is 0.131. The van der Waals surface area contributed by atoms with Crippen LogP contribution >= 0.6 is 0 Å². The quantitative estimate of drug-likeness (QED) is 0.806. The Balaban J connectivity index is 1.82. The Kier molecular flexibility index (Phi) is 3.85. The molecule has 2 aliphatic heterocycles. The number of sulfonamides is 1. The molecule has 7 nitrogen and oxygen atoms in total. The molecular weight excluding hydrogens is 304 g/mol. The Hall–Kier alpha value is -1.98. The van der Waals surface area contributed by atoms with E-state index in [1.807, 2.05) is 6.07 Å². The number of carbonyl (C=O) groups is 1. The van der Waals surface area contributed by atoms with Crippen LogP contribution in [-0.2, 0) is 10.0 Å². The van der Waals surface area contributed by atoms with Crippen LogP contribution in [0.3, 0.4) is 0 Å². The molecule has 2 aliphatic rings. The van der Waals surface area contributed by atoms with Crippen molar-refractivity contribution in [3.8, 4) is 6.07 Å². The van der Waals surface area contributed by atoms with Crippen LogP contribution in [0, 0.1) is 17.2 Å². The Morgan fingerprint density at radius 3 is 2.64 bits per heavy atom. The lowest BCUT2D eigenvalue weighted by Crippen LogP contribution is -2.49. The number of aromatic nitrogens is 1. The topological polar surface area (TPSA) is 94.4 Å². The maximum absolute atomic E-state index is 12.4. The molecule has 0 atom stereocenters. The molecule has 0 aliphatic carbocycles. The highest BCUT2D eigenvalue weighted by Gasteiger charge is 2.37. The molecule has 0 spiro atoms. The summed E-state index contributed by atoms with van der Waals surface area (Å²) in [5.41, 5.74) is 0.341. The van der Waals surface area contributed by atoms with E-state index < -0.39 is 10.0 Å². The third kappa shape index (κ3) is 2.58. The van der Waals surface area contributed by atoms with Crippen LogP contribution in [0.2, 0.25) is 0 Å². The molecule has 0 aromatic carbocycles. The molecule has 2 saturated heterocycles. The zero-order chi connectivity index (χ0) is 15.7. The zero-order valence-corrected chi connectivity index (χ0v) is 12.8. The summed E-state index contributed by atoms with van der Waals surface area (Å²) >= 11 is 0. The number of nitrogens with zero attached hydrogens (tertiary/aromatic N) is 4. The standard InChI is InChI=1S/C14H16N4O3S/c15-8-11-9-18(10-11)22(20,21)13-7-12(3-4-16-13)14(19)17-5-1-2-6-17/h3-4,7,11H,1-2,5-6,9-10H2. The van der Waals surface area contributed by atoms with E-state index in [0.29, 0.717) is 18.7 Å². The number of hydrogen-bond acceptors (Lipinski definition) is 5. The van der Waals surface area contributed by atoms with Crippen LogP contribution in [0.25, 0.3) is 0 Å². The van der Waals surface area contributed by atoms with Gasteiger partial charge in [-0.2, -0.15) is 9.57 Å². The van der Waals surface area contributed by atoms with E-state index in [-0.39, 0.29) is 29.9 Å². The maximum atomic E-state index is 12.4. The smallest absolute Gasteiger partial charge is 0.260 e. The first-order valence-electron chi connectivity index (χ1n) is 7.17. The summed E-state index contributed by atoms with van der Waals surface area (Å²) in [5.74, 6) is -0.418. The second kappa shape index (κ2) is 5.66. The molecule has 8 heteroatoms. The molecule has 0 bridgehead atoms. The second-order valence-electron chi connectivity index (χ2n) is 5.53. The van der Waals surface area contributed by atoms with Crippen molar-refractivity contribution in [2.24, 2.45) is 5.92 Å².